The molecule has 29 heavy (non-hydrogen) atoms. The van der Waals surface area contributed by atoms with Crippen molar-refractivity contribution in [3.05, 3.63) is 81.0 Å². The van der Waals surface area contributed by atoms with Crippen LogP contribution in [0.2, 0.25) is 0 Å². The Kier molecular flexibility index (Phi) is 5.34. The van der Waals surface area contributed by atoms with Gasteiger partial charge in [-0.05, 0) is 37.0 Å². The summed E-state index contributed by atoms with van der Waals surface area (Å²) in [5.74, 6) is -0.0397. The average molecular weight is 391 g/mol. The van der Waals surface area contributed by atoms with E-state index in [-0.39, 0.29) is 18.0 Å². The number of rotatable bonds is 5. The number of aromatic nitrogens is 2. The molecule has 0 spiro atoms. The first kappa shape index (κ1) is 19.2. The second-order valence-corrected chi connectivity index (χ2v) is 7.50. The zero-order valence-electron chi connectivity index (χ0n) is 16.6. The van der Waals surface area contributed by atoms with Crippen molar-refractivity contribution in [3.63, 3.8) is 0 Å². The summed E-state index contributed by atoms with van der Waals surface area (Å²) in [7, 11) is 0. The van der Waals surface area contributed by atoms with Crippen LogP contribution in [0.4, 0.5) is 0 Å². The SMILES string of the molecule is CCC(C(=O)N1CCCC1)n1c(=O)n(Cc2ccccc2)c(=O)c2ccccc21. The summed E-state index contributed by atoms with van der Waals surface area (Å²) in [6, 6.07) is 15.9. The van der Waals surface area contributed by atoms with E-state index < -0.39 is 11.7 Å². The van der Waals surface area contributed by atoms with Gasteiger partial charge in [0.05, 0.1) is 17.4 Å². The molecule has 1 fully saturated rings. The number of amides is 1. The van der Waals surface area contributed by atoms with Gasteiger partial charge in [-0.25, -0.2) is 4.79 Å². The highest BCUT2D eigenvalue weighted by Gasteiger charge is 2.29. The van der Waals surface area contributed by atoms with Crippen molar-refractivity contribution in [2.45, 2.75) is 38.8 Å². The molecule has 150 valence electrons. The molecule has 0 saturated carbocycles. The lowest BCUT2D eigenvalue weighted by atomic mass is 10.1. The van der Waals surface area contributed by atoms with E-state index in [1.165, 1.54) is 9.13 Å². The van der Waals surface area contributed by atoms with Crippen molar-refractivity contribution >= 4 is 16.8 Å². The molecule has 4 rings (SSSR count). The van der Waals surface area contributed by atoms with E-state index in [0.29, 0.717) is 17.3 Å². The van der Waals surface area contributed by atoms with Gasteiger partial charge in [0, 0.05) is 13.1 Å². The molecular formula is C23H25N3O3. The fourth-order valence-corrected chi connectivity index (χ4v) is 4.15. The van der Waals surface area contributed by atoms with Crippen LogP contribution in [0.1, 0.15) is 37.8 Å². The molecular weight excluding hydrogens is 366 g/mol. The Morgan fingerprint density at radius 3 is 2.31 bits per heavy atom. The second kappa shape index (κ2) is 8.07. The molecule has 0 radical (unpaired) electrons. The van der Waals surface area contributed by atoms with Crippen LogP contribution in [0.25, 0.3) is 10.9 Å². The van der Waals surface area contributed by atoms with Gasteiger partial charge in [0.25, 0.3) is 5.56 Å². The first-order valence-electron chi connectivity index (χ1n) is 10.2. The smallest absolute Gasteiger partial charge is 0.332 e. The second-order valence-electron chi connectivity index (χ2n) is 7.50. The minimum Gasteiger partial charge on any atom is -0.341 e. The van der Waals surface area contributed by atoms with Crippen molar-refractivity contribution in [1.82, 2.24) is 14.0 Å². The predicted octanol–water partition coefficient (Wildman–Crippen LogP) is 2.79. The van der Waals surface area contributed by atoms with Gasteiger partial charge in [0.2, 0.25) is 5.91 Å². The third-order valence-corrected chi connectivity index (χ3v) is 5.66. The lowest BCUT2D eigenvalue weighted by molar-refractivity contribution is -0.133. The number of hydrogen-bond acceptors (Lipinski definition) is 3. The maximum Gasteiger partial charge on any atom is 0.332 e. The summed E-state index contributed by atoms with van der Waals surface area (Å²) in [5, 5.41) is 0.454. The molecule has 2 aromatic carbocycles. The maximum atomic E-state index is 13.5. The number of carbonyl (C=O) groups excluding carboxylic acids is 1. The molecule has 1 unspecified atom stereocenters. The van der Waals surface area contributed by atoms with E-state index in [0.717, 1.165) is 31.5 Å². The van der Waals surface area contributed by atoms with Gasteiger partial charge >= 0.3 is 5.69 Å². The van der Waals surface area contributed by atoms with E-state index in [9.17, 15) is 14.4 Å². The number of likely N-dealkylation sites (tertiary alicyclic amines) is 1. The van der Waals surface area contributed by atoms with Crippen LogP contribution in [0.15, 0.2) is 64.2 Å². The Labute approximate surface area is 169 Å². The Morgan fingerprint density at radius 1 is 0.966 bits per heavy atom. The molecule has 0 N–H and O–H groups in total. The maximum absolute atomic E-state index is 13.5. The molecule has 6 heteroatoms. The topological polar surface area (TPSA) is 64.3 Å². The molecule has 1 atom stereocenters. The first-order valence-corrected chi connectivity index (χ1v) is 10.2. The lowest BCUT2D eigenvalue weighted by Gasteiger charge is -2.25. The van der Waals surface area contributed by atoms with Gasteiger partial charge in [-0.3, -0.25) is 18.7 Å². The van der Waals surface area contributed by atoms with Gasteiger partial charge in [-0.2, -0.15) is 0 Å². The minimum atomic E-state index is -0.617. The summed E-state index contributed by atoms with van der Waals surface area (Å²) in [4.78, 5) is 41.6. The van der Waals surface area contributed by atoms with Gasteiger partial charge in [0.15, 0.2) is 0 Å². The van der Waals surface area contributed by atoms with Gasteiger partial charge < -0.3 is 4.90 Å². The highest BCUT2D eigenvalue weighted by Crippen LogP contribution is 2.21. The van der Waals surface area contributed by atoms with Crippen molar-refractivity contribution in [2.75, 3.05) is 13.1 Å². The summed E-state index contributed by atoms with van der Waals surface area (Å²) in [6.45, 7) is 3.54. The summed E-state index contributed by atoms with van der Waals surface area (Å²) >= 11 is 0. The fourth-order valence-electron chi connectivity index (χ4n) is 4.15. The number of para-hydroxylation sites is 1. The first-order chi connectivity index (χ1) is 14.1. The molecule has 1 aliphatic rings. The number of hydrogen-bond donors (Lipinski definition) is 0. The highest BCUT2D eigenvalue weighted by molar-refractivity contribution is 5.84. The molecule has 3 aromatic rings. The van der Waals surface area contributed by atoms with Crippen LogP contribution in [-0.2, 0) is 11.3 Å². The fraction of sp³-hybridized carbons (Fsp3) is 0.348. The van der Waals surface area contributed by atoms with Gasteiger partial charge in [0.1, 0.15) is 6.04 Å². The van der Waals surface area contributed by atoms with Crippen molar-refractivity contribution in [3.8, 4) is 0 Å². The van der Waals surface area contributed by atoms with Crippen LogP contribution < -0.4 is 11.2 Å². The quantitative estimate of drug-likeness (QED) is 0.672. The van der Waals surface area contributed by atoms with Crippen LogP contribution >= 0.6 is 0 Å². The van der Waals surface area contributed by atoms with Crippen molar-refractivity contribution < 1.29 is 4.79 Å². The monoisotopic (exact) mass is 391 g/mol. The highest BCUT2D eigenvalue weighted by atomic mass is 16.2. The largest absolute Gasteiger partial charge is 0.341 e. The Hall–Kier alpha value is -3.15. The van der Waals surface area contributed by atoms with Crippen LogP contribution in [-0.4, -0.2) is 33.0 Å². The lowest BCUT2D eigenvalue weighted by Crippen LogP contribution is -2.45. The Bertz CT molecular complexity index is 1140. The third-order valence-electron chi connectivity index (χ3n) is 5.66. The van der Waals surface area contributed by atoms with E-state index in [2.05, 4.69) is 0 Å². The molecule has 1 aromatic heterocycles. The van der Waals surface area contributed by atoms with Crippen molar-refractivity contribution in [2.24, 2.45) is 0 Å². The van der Waals surface area contributed by atoms with E-state index in [1.807, 2.05) is 42.2 Å². The molecule has 0 bridgehead atoms. The van der Waals surface area contributed by atoms with Gasteiger partial charge in [-0.1, -0.05) is 49.4 Å². The normalized spacial score (nSPS) is 15.0. The summed E-state index contributed by atoms with van der Waals surface area (Å²) in [5.41, 5.74) is 0.629. The third kappa shape index (κ3) is 3.50. The van der Waals surface area contributed by atoms with Crippen LogP contribution in [0, 0.1) is 0 Å². The summed E-state index contributed by atoms with van der Waals surface area (Å²) < 4.78 is 2.78. The minimum absolute atomic E-state index is 0.0397. The Balaban J connectivity index is 1.91. The number of nitrogens with zero attached hydrogens (tertiary/aromatic N) is 3. The van der Waals surface area contributed by atoms with Crippen LogP contribution in [0.5, 0.6) is 0 Å². The summed E-state index contributed by atoms with van der Waals surface area (Å²) in [6.07, 6.45) is 2.47. The Morgan fingerprint density at radius 2 is 1.62 bits per heavy atom. The molecule has 6 nitrogen and oxygen atoms in total. The zero-order valence-corrected chi connectivity index (χ0v) is 16.6. The molecule has 0 aliphatic carbocycles. The van der Waals surface area contributed by atoms with Crippen LogP contribution in [0.3, 0.4) is 0 Å². The molecule has 1 saturated heterocycles. The number of benzene rings is 2. The average Bonchev–Trinajstić information content (AvgIpc) is 3.29. The number of fused-ring (bicyclic) bond motifs is 1. The predicted molar refractivity (Wildman–Crippen MR) is 113 cm³/mol. The molecule has 2 heterocycles. The van der Waals surface area contributed by atoms with E-state index >= 15 is 0 Å². The van der Waals surface area contributed by atoms with E-state index in [4.69, 9.17) is 0 Å². The zero-order chi connectivity index (χ0) is 20.4. The van der Waals surface area contributed by atoms with Crippen molar-refractivity contribution in [1.29, 1.82) is 0 Å². The standard InChI is InChI=1S/C23H25N3O3/c1-2-19(22(28)24-14-8-9-15-24)26-20-13-7-6-12-18(20)21(27)25(23(26)29)16-17-10-4-3-5-11-17/h3-7,10-13,19H,2,8-9,14-16H2,1H3. The van der Waals surface area contributed by atoms with E-state index in [1.54, 1.807) is 24.3 Å². The number of carbonyl (C=O) groups is 1. The molecule has 1 amide bonds. The molecule has 1 aliphatic heterocycles. The van der Waals surface area contributed by atoms with Gasteiger partial charge in [-0.15, -0.1) is 0 Å².